The lowest BCUT2D eigenvalue weighted by Crippen LogP contribution is -2.43. The minimum Gasteiger partial charge on any atom is -0.480 e. The molecule has 0 aliphatic rings. The van der Waals surface area contributed by atoms with Crippen molar-refractivity contribution in [2.75, 3.05) is 13.1 Å². The van der Waals surface area contributed by atoms with Crippen LogP contribution in [0.3, 0.4) is 0 Å². The zero-order valence-corrected chi connectivity index (χ0v) is 12.4. The summed E-state index contributed by atoms with van der Waals surface area (Å²) in [6.45, 7) is 7.48. The number of carboxylic acids is 1. The number of hydrogen-bond acceptors (Lipinski definition) is 4. The van der Waals surface area contributed by atoms with Gasteiger partial charge in [-0.15, -0.1) is 11.3 Å². The number of thiazole rings is 1. The Hall–Kier alpha value is -1.63. The first-order valence-corrected chi connectivity index (χ1v) is 6.88. The summed E-state index contributed by atoms with van der Waals surface area (Å²) in [5.41, 5.74) is 0.900. The summed E-state index contributed by atoms with van der Waals surface area (Å²) in [6.07, 6.45) is 0. The van der Waals surface area contributed by atoms with Gasteiger partial charge in [-0.05, 0) is 27.7 Å². The van der Waals surface area contributed by atoms with Crippen molar-refractivity contribution in [3.63, 3.8) is 0 Å². The Balaban J connectivity index is 2.70. The first kappa shape index (κ1) is 15.4. The minimum absolute atomic E-state index is 0.179. The molecule has 1 aromatic heterocycles. The highest BCUT2D eigenvalue weighted by molar-refractivity contribution is 7.11. The number of aliphatic carboxylic acids is 1. The van der Waals surface area contributed by atoms with Gasteiger partial charge in [0.05, 0.1) is 16.7 Å². The fourth-order valence-corrected chi connectivity index (χ4v) is 2.71. The molecule has 0 fully saturated rings. The standard InChI is InChI=1S/C12H19N3O3S/c1-5-15(6-10(16)17)12(18)14-8(3)11-7(2)13-9(4)19-11/h8H,5-6H2,1-4H3,(H,14,18)(H,16,17). The molecule has 6 nitrogen and oxygen atoms in total. The van der Waals surface area contributed by atoms with Crippen LogP contribution in [0.4, 0.5) is 4.79 Å². The Morgan fingerprint density at radius 1 is 1.47 bits per heavy atom. The molecule has 0 saturated carbocycles. The fourth-order valence-electron chi connectivity index (χ4n) is 1.78. The van der Waals surface area contributed by atoms with Crippen LogP contribution in [0.5, 0.6) is 0 Å². The Morgan fingerprint density at radius 2 is 2.11 bits per heavy atom. The molecule has 1 heterocycles. The number of carboxylic acid groups (broad SMARTS) is 1. The maximum Gasteiger partial charge on any atom is 0.323 e. The lowest BCUT2D eigenvalue weighted by molar-refractivity contribution is -0.137. The third-order valence-electron chi connectivity index (χ3n) is 2.67. The average Bonchev–Trinajstić information content (AvgIpc) is 2.64. The summed E-state index contributed by atoms with van der Waals surface area (Å²) in [4.78, 5) is 29.2. The number of nitrogens with one attached hydrogen (secondary N) is 1. The molecule has 0 saturated heterocycles. The van der Waals surface area contributed by atoms with Crippen molar-refractivity contribution in [2.24, 2.45) is 0 Å². The van der Waals surface area contributed by atoms with Crippen LogP contribution in [-0.2, 0) is 4.79 Å². The minimum atomic E-state index is -1.02. The van der Waals surface area contributed by atoms with E-state index in [1.54, 1.807) is 6.92 Å². The number of aromatic nitrogens is 1. The van der Waals surface area contributed by atoms with Crippen molar-refractivity contribution in [3.05, 3.63) is 15.6 Å². The van der Waals surface area contributed by atoms with Gasteiger partial charge in [-0.25, -0.2) is 9.78 Å². The molecular formula is C12H19N3O3S. The van der Waals surface area contributed by atoms with Crippen molar-refractivity contribution < 1.29 is 14.7 Å². The Kier molecular flexibility index (Phi) is 5.29. The Bertz CT molecular complexity index is 473. The maximum atomic E-state index is 11.9. The summed E-state index contributed by atoms with van der Waals surface area (Å²) >= 11 is 1.54. The maximum absolute atomic E-state index is 11.9. The lowest BCUT2D eigenvalue weighted by Gasteiger charge is -2.22. The van der Waals surface area contributed by atoms with E-state index in [4.69, 9.17) is 5.11 Å². The molecule has 7 heteroatoms. The number of aryl methyl sites for hydroxylation is 2. The highest BCUT2D eigenvalue weighted by atomic mass is 32.1. The highest BCUT2D eigenvalue weighted by Crippen LogP contribution is 2.24. The van der Waals surface area contributed by atoms with E-state index in [2.05, 4.69) is 10.3 Å². The predicted octanol–water partition coefficient (Wildman–Crippen LogP) is 1.94. The number of carbonyl (C=O) groups excluding carboxylic acids is 1. The average molecular weight is 285 g/mol. The smallest absolute Gasteiger partial charge is 0.323 e. The van der Waals surface area contributed by atoms with E-state index < -0.39 is 5.97 Å². The highest BCUT2D eigenvalue weighted by Gasteiger charge is 2.19. The molecule has 19 heavy (non-hydrogen) atoms. The summed E-state index contributed by atoms with van der Waals surface area (Å²) in [5.74, 6) is -1.02. The van der Waals surface area contributed by atoms with Gasteiger partial charge in [0, 0.05) is 11.4 Å². The third kappa shape index (κ3) is 4.20. The van der Waals surface area contributed by atoms with E-state index in [1.165, 1.54) is 16.2 Å². The van der Waals surface area contributed by atoms with Crippen LogP contribution in [0, 0.1) is 13.8 Å². The largest absolute Gasteiger partial charge is 0.480 e. The monoisotopic (exact) mass is 285 g/mol. The molecule has 1 atom stereocenters. The Labute approximate surface area is 116 Å². The van der Waals surface area contributed by atoms with Crippen molar-refractivity contribution in [1.82, 2.24) is 15.2 Å². The van der Waals surface area contributed by atoms with Gasteiger partial charge in [0.1, 0.15) is 6.54 Å². The van der Waals surface area contributed by atoms with Gasteiger partial charge in [0.2, 0.25) is 0 Å². The number of hydrogen-bond donors (Lipinski definition) is 2. The van der Waals surface area contributed by atoms with Gasteiger partial charge in [-0.3, -0.25) is 4.79 Å². The molecule has 0 aromatic carbocycles. The van der Waals surface area contributed by atoms with Gasteiger partial charge in [-0.1, -0.05) is 0 Å². The summed E-state index contributed by atoms with van der Waals surface area (Å²) in [7, 11) is 0. The van der Waals surface area contributed by atoms with Gasteiger partial charge < -0.3 is 15.3 Å². The molecular weight excluding hydrogens is 266 g/mol. The SMILES string of the molecule is CCN(CC(=O)O)C(=O)NC(C)c1sc(C)nc1C. The van der Waals surface area contributed by atoms with E-state index in [0.29, 0.717) is 6.54 Å². The molecule has 1 unspecified atom stereocenters. The number of nitrogens with zero attached hydrogens (tertiary/aromatic N) is 2. The molecule has 0 bridgehead atoms. The number of carbonyl (C=O) groups is 2. The Morgan fingerprint density at radius 3 is 2.53 bits per heavy atom. The molecule has 0 aliphatic carbocycles. The number of amides is 2. The van der Waals surface area contributed by atoms with Crippen molar-refractivity contribution in [3.8, 4) is 0 Å². The van der Waals surface area contributed by atoms with Crippen molar-refractivity contribution >= 4 is 23.3 Å². The molecule has 106 valence electrons. The summed E-state index contributed by atoms with van der Waals surface area (Å²) < 4.78 is 0. The van der Waals surface area contributed by atoms with Crippen molar-refractivity contribution in [2.45, 2.75) is 33.7 Å². The lowest BCUT2D eigenvalue weighted by atomic mass is 10.2. The zero-order chi connectivity index (χ0) is 14.6. The zero-order valence-electron chi connectivity index (χ0n) is 11.6. The number of rotatable bonds is 5. The van der Waals surface area contributed by atoms with E-state index in [9.17, 15) is 9.59 Å². The molecule has 0 radical (unpaired) electrons. The molecule has 1 aromatic rings. The quantitative estimate of drug-likeness (QED) is 0.866. The molecule has 2 N–H and O–H groups in total. The predicted molar refractivity (Wildman–Crippen MR) is 73.4 cm³/mol. The van der Waals surface area contributed by atoms with Gasteiger partial charge in [0.25, 0.3) is 0 Å². The van der Waals surface area contributed by atoms with Crippen LogP contribution in [0.1, 0.15) is 35.5 Å². The topological polar surface area (TPSA) is 82.5 Å². The molecule has 0 aliphatic heterocycles. The molecule has 1 rings (SSSR count). The van der Waals surface area contributed by atoms with Crippen LogP contribution in [0.15, 0.2) is 0 Å². The first-order valence-electron chi connectivity index (χ1n) is 6.06. The van der Waals surface area contributed by atoms with Crippen LogP contribution >= 0.6 is 11.3 Å². The first-order chi connectivity index (χ1) is 8.85. The van der Waals surface area contributed by atoms with E-state index in [0.717, 1.165) is 15.6 Å². The third-order valence-corrected chi connectivity index (χ3v) is 3.92. The van der Waals surface area contributed by atoms with Crippen molar-refractivity contribution in [1.29, 1.82) is 0 Å². The molecule has 2 amide bonds. The number of likely N-dealkylation sites (N-methyl/N-ethyl adjacent to an activating group) is 1. The fraction of sp³-hybridized carbons (Fsp3) is 0.583. The normalized spacial score (nSPS) is 12.0. The second-order valence-electron chi connectivity index (χ2n) is 4.26. The number of urea groups is 1. The second-order valence-corrected chi connectivity index (χ2v) is 5.50. The summed E-state index contributed by atoms with van der Waals surface area (Å²) in [5, 5.41) is 12.5. The van der Waals surface area contributed by atoms with Crippen LogP contribution in [0.25, 0.3) is 0 Å². The van der Waals surface area contributed by atoms with E-state index in [-0.39, 0.29) is 18.6 Å². The molecule has 0 spiro atoms. The van der Waals surface area contributed by atoms with Crippen LogP contribution in [-0.4, -0.2) is 40.1 Å². The van der Waals surface area contributed by atoms with E-state index >= 15 is 0 Å². The van der Waals surface area contributed by atoms with Gasteiger partial charge >= 0.3 is 12.0 Å². The van der Waals surface area contributed by atoms with Gasteiger partial charge in [0.15, 0.2) is 0 Å². The van der Waals surface area contributed by atoms with E-state index in [1.807, 2.05) is 20.8 Å². The second kappa shape index (κ2) is 6.51. The van der Waals surface area contributed by atoms with Crippen LogP contribution in [0.2, 0.25) is 0 Å². The van der Waals surface area contributed by atoms with Crippen LogP contribution < -0.4 is 5.32 Å². The van der Waals surface area contributed by atoms with Gasteiger partial charge in [-0.2, -0.15) is 0 Å². The summed E-state index contributed by atoms with van der Waals surface area (Å²) in [6, 6.07) is -0.551.